The molecule has 4 heterocycles. The Morgan fingerprint density at radius 2 is 1.86 bits per heavy atom. The lowest BCUT2D eigenvalue weighted by Gasteiger charge is -2.38. The first-order valence-corrected chi connectivity index (χ1v) is 12.2. The highest BCUT2D eigenvalue weighted by Gasteiger charge is 2.45. The van der Waals surface area contributed by atoms with E-state index in [2.05, 4.69) is 10.00 Å². The highest BCUT2D eigenvalue weighted by atomic mass is 35.5. The van der Waals surface area contributed by atoms with Crippen molar-refractivity contribution in [2.75, 3.05) is 13.1 Å². The Balaban J connectivity index is 1.36. The fourth-order valence-electron chi connectivity index (χ4n) is 5.85. The summed E-state index contributed by atoms with van der Waals surface area (Å²) < 4.78 is 56.6. The summed E-state index contributed by atoms with van der Waals surface area (Å²) in [5.41, 5.74) is -0.598. The SMILES string of the molecule is O=C(O)C1CC2CCC(C1)N2CC(=O)N1CCc2c(C(F)(F)F)nn(Cc3ccc(Cl)cc3F)c2C1. The topological polar surface area (TPSA) is 78.7 Å². The van der Waals surface area contributed by atoms with Crippen LogP contribution in [0.3, 0.4) is 0 Å². The molecule has 2 bridgehead atoms. The van der Waals surface area contributed by atoms with Gasteiger partial charge in [-0.1, -0.05) is 17.7 Å². The van der Waals surface area contributed by atoms with E-state index in [1.165, 1.54) is 17.0 Å². The van der Waals surface area contributed by atoms with Crippen molar-refractivity contribution in [1.29, 1.82) is 0 Å². The van der Waals surface area contributed by atoms with E-state index in [-0.39, 0.29) is 72.4 Å². The summed E-state index contributed by atoms with van der Waals surface area (Å²) >= 11 is 5.79. The van der Waals surface area contributed by atoms with Gasteiger partial charge in [-0.3, -0.25) is 19.2 Å². The third kappa shape index (κ3) is 4.70. The highest BCUT2D eigenvalue weighted by molar-refractivity contribution is 6.30. The van der Waals surface area contributed by atoms with Crippen LogP contribution >= 0.6 is 11.6 Å². The number of nitrogens with zero attached hydrogens (tertiary/aromatic N) is 4. The molecule has 0 aliphatic carbocycles. The molecule has 5 rings (SSSR count). The average molecular weight is 529 g/mol. The van der Waals surface area contributed by atoms with Gasteiger partial charge in [-0.2, -0.15) is 18.3 Å². The van der Waals surface area contributed by atoms with Crippen LogP contribution in [0.4, 0.5) is 17.6 Å². The summed E-state index contributed by atoms with van der Waals surface area (Å²) in [4.78, 5) is 28.2. The van der Waals surface area contributed by atoms with Crippen LogP contribution in [0.2, 0.25) is 5.02 Å². The van der Waals surface area contributed by atoms with Gasteiger partial charge in [0.05, 0.1) is 31.2 Å². The van der Waals surface area contributed by atoms with Crippen LogP contribution in [-0.2, 0) is 35.3 Å². The number of rotatable bonds is 5. The summed E-state index contributed by atoms with van der Waals surface area (Å²) in [6.45, 7) is -0.0659. The van der Waals surface area contributed by atoms with Gasteiger partial charge in [0.2, 0.25) is 5.91 Å². The van der Waals surface area contributed by atoms with Crippen LogP contribution in [0.25, 0.3) is 0 Å². The minimum atomic E-state index is -4.67. The largest absolute Gasteiger partial charge is 0.481 e. The number of carbonyl (C=O) groups excluding carboxylic acids is 1. The van der Waals surface area contributed by atoms with E-state index in [1.54, 1.807) is 0 Å². The second kappa shape index (κ2) is 9.33. The maximum Gasteiger partial charge on any atom is 0.435 e. The summed E-state index contributed by atoms with van der Waals surface area (Å²) in [5, 5.41) is 13.3. The number of alkyl halides is 3. The van der Waals surface area contributed by atoms with E-state index < -0.39 is 29.6 Å². The van der Waals surface area contributed by atoms with Gasteiger partial charge in [0.1, 0.15) is 5.82 Å². The molecule has 1 N–H and O–H groups in total. The number of piperidine rings is 1. The Morgan fingerprint density at radius 3 is 2.47 bits per heavy atom. The molecule has 3 aliphatic heterocycles. The molecule has 12 heteroatoms. The van der Waals surface area contributed by atoms with Crippen molar-refractivity contribution in [3.63, 3.8) is 0 Å². The number of carboxylic acid groups (broad SMARTS) is 1. The van der Waals surface area contributed by atoms with E-state index in [1.807, 2.05) is 0 Å². The fraction of sp³-hybridized carbons (Fsp3) is 0.542. The predicted octanol–water partition coefficient (Wildman–Crippen LogP) is 3.96. The lowest BCUT2D eigenvalue weighted by molar-refractivity contribution is -0.145. The van der Waals surface area contributed by atoms with Gasteiger partial charge in [0.25, 0.3) is 0 Å². The van der Waals surface area contributed by atoms with Crippen LogP contribution in [0.5, 0.6) is 0 Å². The van der Waals surface area contributed by atoms with Crippen LogP contribution in [0.15, 0.2) is 18.2 Å². The summed E-state index contributed by atoms with van der Waals surface area (Å²) in [6, 6.07) is 3.99. The van der Waals surface area contributed by atoms with Gasteiger partial charge >= 0.3 is 12.1 Å². The molecule has 36 heavy (non-hydrogen) atoms. The zero-order valence-electron chi connectivity index (χ0n) is 19.3. The van der Waals surface area contributed by atoms with E-state index >= 15 is 0 Å². The number of fused-ring (bicyclic) bond motifs is 3. The molecule has 3 aliphatic rings. The first kappa shape index (κ1) is 25.0. The third-order valence-corrected chi connectivity index (χ3v) is 7.88. The highest BCUT2D eigenvalue weighted by Crippen LogP contribution is 2.39. The van der Waals surface area contributed by atoms with Gasteiger partial charge in [0.15, 0.2) is 5.69 Å². The van der Waals surface area contributed by atoms with Crippen molar-refractivity contribution in [3.8, 4) is 0 Å². The Morgan fingerprint density at radius 1 is 1.17 bits per heavy atom. The average Bonchev–Trinajstić information content (AvgIpc) is 3.27. The summed E-state index contributed by atoms with van der Waals surface area (Å²) in [5.74, 6) is -2.09. The lowest BCUT2D eigenvalue weighted by Crippen LogP contribution is -2.50. The van der Waals surface area contributed by atoms with Crippen LogP contribution in [0.1, 0.15) is 48.2 Å². The number of halogens is 5. The van der Waals surface area contributed by atoms with Gasteiger partial charge in [-0.25, -0.2) is 4.39 Å². The minimum Gasteiger partial charge on any atom is -0.481 e. The molecule has 1 aromatic carbocycles. The maximum absolute atomic E-state index is 14.4. The molecule has 7 nitrogen and oxygen atoms in total. The smallest absolute Gasteiger partial charge is 0.435 e. The summed E-state index contributed by atoms with van der Waals surface area (Å²) in [6.07, 6.45) is -2.02. The van der Waals surface area contributed by atoms with Gasteiger partial charge in [-0.05, 0) is 44.2 Å². The van der Waals surface area contributed by atoms with E-state index in [9.17, 15) is 32.3 Å². The van der Waals surface area contributed by atoms with Crippen molar-refractivity contribution in [2.24, 2.45) is 5.92 Å². The molecule has 2 saturated heterocycles. The molecule has 1 amide bonds. The number of benzene rings is 1. The van der Waals surface area contributed by atoms with Crippen molar-refractivity contribution < 1.29 is 32.3 Å². The molecular weight excluding hydrogens is 504 g/mol. The fourth-order valence-corrected chi connectivity index (χ4v) is 6.01. The zero-order valence-corrected chi connectivity index (χ0v) is 20.0. The number of amides is 1. The number of carboxylic acids is 1. The zero-order chi connectivity index (χ0) is 25.8. The van der Waals surface area contributed by atoms with Crippen molar-refractivity contribution in [1.82, 2.24) is 19.6 Å². The molecule has 194 valence electrons. The van der Waals surface area contributed by atoms with Crippen LogP contribution in [-0.4, -0.2) is 61.7 Å². The molecule has 0 radical (unpaired) electrons. The molecule has 2 fully saturated rings. The first-order chi connectivity index (χ1) is 17.0. The van der Waals surface area contributed by atoms with Gasteiger partial charge in [0, 0.05) is 34.8 Å². The van der Waals surface area contributed by atoms with Crippen molar-refractivity contribution in [3.05, 3.63) is 51.6 Å². The van der Waals surface area contributed by atoms with Gasteiger partial charge in [-0.15, -0.1) is 0 Å². The van der Waals surface area contributed by atoms with Crippen LogP contribution in [0, 0.1) is 11.7 Å². The maximum atomic E-state index is 14.4. The Labute approximate surface area is 209 Å². The number of carbonyl (C=O) groups is 2. The number of hydrogen-bond acceptors (Lipinski definition) is 4. The number of aromatic nitrogens is 2. The first-order valence-electron chi connectivity index (χ1n) is 11.9. The normalized spacial score (nSPS) is 24.1. The molecule has 2 aromatic rings. The Hall–Kier alpha value is -2.66. The standard InChI is InChI=1S/C24H25ClF4N4O3/c25-15-2-1-13(19(26)9-15)10-33-20-11-31(6-5-18(20)22(30-33)24(27,28)29)21(34)12-32-16-3-4-17(32)8-14(7-16)23(35)36/h1-2,9,14,16-17H,3-8,10-12H2,(H,35,36). The van der Waals surface area contributed by atoms with E-state index in [0.29, 0.717) is 12.8 Å². The number of aliphatic carboxylic acids is 1. The minimum absolute atomic E-state index is 0.00698. The van der Waals surface area contributed by atoms with E-state index in [4.69, 9.17) is 11.6 Å². The molecule has 2 unspecified atom stereocenters. The number of hydrogen-bond donors (Lipinski definition) is 1. The molecule has 2 atom stereocenters. The molecule has 0 spiro atoms. The second-order valence-corrected chi connectivity index (χ2v) is 10.2. The third-order valence-electron chi connectivity index (χ3n) is 7.65. The Kier molecular flexibility index (Phi) is 6.48. The predicted molar refractivity (Wildman–Crippen MR) is 121 cm³/mol. The summed E-state index contributed by atoms with van der Waals surface area (Å²) in [7, 11) is 0. The van der Waals surface area contributed by atoms with E-state index in [0.717, 1.165) is 23.6 Å². The molecule has 1 aromatic heterocycles. The van der Waals surface area contributed by atoms with Crippen LogP contribution < -0.4 is 0 Å². The molecular formula is C24H25ClF4N4O3. The van der Waals surface area contributed by atoms with Gasteiger partial charge < -0.3 is 10.0 Å². The van der Waals surface area contributed by atoms with Crippen molar-refractivity contribution >= 4 is 23.5 Å². The lowest BCUT2D eigenvalue weighted by atomic mass is 9.91. The quantitative estimate of drug-likeness (QED) is 0.595. The molecule has 0 saturated carbocycles. The Bertz CT molecular complexity index is 1190. The monoisotopic (exact) mass is 528 g/mol. The second-order valence-electron chi connectivity index (χ2n) is 9.79. The van der Waals surface area contributed by atoms with Crippen molar-refractivity contribution in [2.45, 2.75) is 63.5 Å².